The van der Waals surface area contributed by atoms with Gasteiger partial charge in [-0.2, -0.15) is 0 Å². The van der Waals surface area contributed by atoms with Crippen molar-refractivity contribution < 1.29 is 23.8 Å². The number of hydrogen-bond acceptors (Lipinski definition) is 5. The summed E-state index contributed by atoms with van der Waals surface area (Å²) >= 11 is 0. The molecule has 1 aliphatic carbocycles. The van der Waals surface area contributed by atoms with Gasteiger partial charge in [-0.1, -0.05) is 12.8 Å². The fourth-order valence-corrected chi connectivity index (χ4v) is 2.99. The third-order valence-electron chi connectivity index (χ3n) is 4.23. The number of carbonyl (C=O) groups is 2. The molecule has 0 aromatic rings. The maximum Gasteiger partial charge on any atom is 0.306 e. The highest BCUT2D eigenvalue weighted by atomic mass is 16.5. The summed E-state index contributed by atoms with van der Waals surface area (Å²) < 4.78 is 15.9. The first-order valence-electron chi connectivity index (χ1n) is 8.97. The Morgan fingerprint density at radius 2 is 1.74 bits per heavy atom. The topological polar surface area (TPSA) is 61.8 Å². The van der Waals surface area contributed by atoms with Crippen molar-refractivity contribution in [1.29, 1.82) is 0 Å². The van der Waals surface area contributed by atoms with E-state index in [0.717, 1.165) is 32.1 Å². The summed E-state index contributed by atoms with van der Waals surface area (Å²) in [6, 6.07) is 0. The van der Waals surface area contributed by atoms with Crippen LogP contribution >= 0.6 is 0 Å². The Hall–Kier alpha value is -1.10. The summed E-state index contributed by atoms with van der Waals surface area (Å²) in [6.07, 6.45) is 10.4. The predicted molar refractivity (Wildman–Crippen MR) is 88.1 cm³/mol. The molecule has 1 saturated carbocycles. The molecule has 0 bridgehead atoms. The Morgan fingerprint density at radius 1 is 1.04 bits per heavy atom. The van der Waals surface area contributed by atoms with Crippen LogP contribution in [0.4, 0.5) is 0 Å². The molecule has 23 heavy (non-hydrogen) atoms. The van der Waals surface area contributed by atoms with Crippen LogP contribution < -0.4 is 0 Å². The molecular formula is C18H32O5. The van der Waals surface area contributed by atoms with Crippen LogP contribution in [0.5, 0.6) is 0 Å². The van der Waals surface area contributed by atoms with Gasteiger partial charge < -0.3 is 14.2 Å². The molecule has 5 nitrogen and oxygen atoms in total. The number of ether oxygens (including phenoxy) is 3. The second-order valence-corrected chi connectivity index (χ2v) is 6.36. The average molecular weight is 328 g/mol. The van der Waals surface area contributed by atoms with E-state index < -0.39 is 0 Å². The van der Waals surface area contributed by atoms with Crippen molar-refractivity contribution in [3.8, 4) is 0 Å². The Labute approximate surface area is 140 Å². The summed E-state index contributed by atoms with van der Waals surface area (Å²) in [6.45, 7) is 1.99. The molecule has 5 heteroatoms. The highest BCUT2D eigenvalue weighted by Gasteiger charge is 2.17. The van der Waals surface area contributed by atoms with Crippen molar-refractivity contribution >= 4 is 11.9 Å². The van der Waals surface area contributed by atoms with Gasteiger partial charge in [-0.25, -0.2) is 0 Å². The van der Waals surface area contributed by atoms with E-state index >= 15 is 0 Å². The highest BCUT2D eigenvalue weighted by Crippen LogP contribution is 2.20. The van der Waals surface area contributed by atoms with Crippen LogP contribution in [0.15, 0.2) is 0 Å². The first-order valence-corrected chi connectivity index (χ1v) is 8.97. The second kappa shape index (κ2) is 12.3. The molecule has 0 aromatic heterocycles. The van der Waals surface area contributed by atoms with Gasteiger partial charge in [0, 0.05) is 33.5 Å². The Kier molecular flexibility index (Phi) is 10.7. The van der Waals surface area contributed by atoms with Crippen molar-refractivity contribution in [3.63, 3.8) is 0 Å². The van der Waals surface area contributed by atoms with E-state index in [1.807, 2.05) is 0 Å². The molecule has 0 spiro atoms. The summed E-state index contributed by atoms with van der Waals surface area (Å²) in [5, 5.41) is 0. The molecule has 1 fully saturated rings. The first kappa shape index (κ1) is 19.9. The predicted octanol–water partition coefficient (Wildman–Crippen LogP) is 3.78. The fourth-order valence-electron chi connectivity index (χ4n) is 2.99. The van der Waals surface area contributed by atoms with Crippen LogP contribution in [0.2, 0.25) is 0 Å². The zero-order valence-electron chi connectivity index (χ0n) is 14.7. The van der Waals surface area contributed by atoms with E-state index in [2.05, 4.69) is 0 Å². The Balaban J connectivity index is 2.15. The molecule has 1 rings (SSSR count). The monoisotopic (exact) mass is 328 g/mol. The quantitative estimate of drug-likeness (QED) is 0.347. The minimum absolute atomic E-state index is 0.0853. The zero-order chi connectivity index (χ0) is 16.9. The van der Waals surface area contributed by atoms with Crippen LogP contribution in [0.3, 0.4) is 0 Å². The van der Waals surface area contributed by atoms with Gasteiger partial charge in [0.25, 0.3) is 0 Å². The lowest BCUT2D eigenvalue weighted by Gasteiger charge is -2.17. The summed E-state index contributed by atoms with van der Waals surface area (Å²) in [5.74, 6) is -0.350. The lowest BCUT2D eigenvalue weighted by atomic mass is 10.1. The number of rotatable bonds is 10. The molecule has 0 radical (unpaired) electrons. The molecule has 0 aromatic carbocycles. The van der Waals surface area contributed by atoms with Crippen LogP contribution in [-0.4, -0.2) is 37.9 Å². The van der Waals surface area contributed by atoms with Crippen molar-refractivity contribution in [2.24, 2.45) is 0 Å². The van der Waals surface area contributed by atoms with Gasteiger partial charge in [-0.05, 0) is 44.9 Å². The zero-order valence-corrected chi connectivity index (χ0v) is 14.7. The summed E-state index contributed by atoms with van der Waals surface area (Å²) in [5.41, 5.74) is 0. The van der Waals surface area contributed by atoms with Gasteiger partial charge >= 0.3 is 11.9 Å². The van der Waals surface area contributed by atoms with E-state index in [-0.39, 0.29) is 24.1 Å². The van der Waals surface area contributed by atoms with Gasteiger partial charge in [0.15, 0.2) is 0 Å². The number of unbranched alkanes of at least 4 members (excludes halogenated alkanes) is 1. The van der Waals surface area contributed by atoms with Crippen LogP contribution in [0, 0.1) is 0 Å². The standard InChI is InChI=1S/C18H32O5/c1-15(19)22-17(13-14-21-2)11-7-8-12-18(20)23-16-9-5-3-4-6-10-16/h16-17H,3-14H2,1-2H3/t17-/m1/s1. The van der Waals surface area contributed by atoms with E-state index in [4.69, 9.17) is 14.2 Å². The number of carbonyl (C=O) groups excluding carboxylic acids is 2. The Morgan fingerprint density at radius 3 is 2.35 bits per heavy atom. The van der Waals surface area contributed by atoms with Gasteiger partial charge in [-0.3, -0.25) is 9.59 Å². The summed E-state index contributed by atoms with van der Waals surface area (Å²) in [7, 11) is 1.63. The minimum atomic E-state index is -0.265. The van der Waals surface area contributed by atoms with Crippen LogP contribution in [-0.2, 0) is 23.8 Å². The molecule has 1 aliphatic rings. The van der Waals surface area contributed by atoms with Crippen molar-refractivity contribution in [3.05, 3.63) is 0 Å². The summed E-state index contributed by atoms with van der Waals surface area (Å²) in [4.78, 5) is 23.0. The molecule has 0 heterocycles. The molecular weight excluding hydrogens is 296 g/mol. The third kappa shape index (κ3) is 10.3. The minimum Gasteiger partial charge on any atom is -0.462 e. The van der Waals surface area contributed by atoms with E-state index in [1.54, 1.807) is 7.11 Å². The normalized spacial score (nSPS) is 17.3. The lowest BCUT2D eigenvalue weighted by molar-refractivity contribution is -0.150. The number of hydrogen-bond donors (Lipinski definition) is 0. The third-order valence-corrected chi connectivity index (χ3v) is 4.23. The Bertz CT molecular complexity index is 334. The molecule has 134 valence electrons. The van der Waals surface area contributed by atoms with E-state index in [0.29, 0.717) is 19.4 Å². The van der Waals surface area contributed by atoms with E-state index in [9.17, 15) is 9.59 Å². The number of esters is 2. The largest absolute Gasteiger partial charge is 0.462 e. The lowest BCUT2D eigenvalue weighted by Crippen LogP contribution is -2.19. The second-order valence-electron chi connectivity index (χ2n) is 6.36. The van der Waals surface area contributed by atoms with Crippen molar-refractivity contribution in [2.75, 3.05) is 13.7 Å². The van der Waals surface area contributed by atoms with Gasteiger partial charge in [0.2, 0.25) is 0 Å². The molecule has 0 unspecified atom stereocenters. The maximum absolute atomic E-state index is 11.9. The van der Waals surface area contributed by atoms with Crippen LogP contribution in [0.25, 0.3) is 0 Å². The number of methoxy groups -OCH3 is 1. The van der Waals surface area contributed by atoms with E-state index in [1.165, 1.54) is 32.6 Å². The highest BCUT2D eigenvalue weighted by molar-refractivity contribution is 5.69. The van der Waals surface area contributed by atoms with Gasteiger partial charge in [0.05, 0.1) is 0 Å². The fraction of sp³-hybridized carbons (Fsp3) is 0.889. The van der Waals surface area contributed by atoms with Gasteiger partial charge in [-0.15, -0.1) is 0 Å². The average Bonchev–Trinajstić information content (AvgIpc) is 2.77. The molecule has 0 aliphatic heterocycles. The SMILES string of the molecule is COCC[C@@H](CCCCC(=O)OC1CCCCCC1)OC(C)=O. The molecule has 0 N–H and O–H groups in total. The van der Waals surface area contributed by atoms with Gasteiger partial charge in [0.1, 0.15) is 12.2 Å². The maximum atomic E-state index is 11.9. The molecule has 1 atom stereocenters. The van der Waals surface area contributed by atoms with Crippen molar-refractivity contribution in [2.45, 2.75) is 89.8 Å². The molecule has 0 amide bonds. The first-order chi connectivity index (χ1) is 11.1. The van der Waals surface area contributed by atoms with Crippen molar-refractivity contribution in [1.82, 2.24) is 0 Å². The molecule has 0 saturated heterocycles. The smallest absolute Gasteiger partial charge is 0.306 e. The van der Waals surface area contributed by atoms with Crippen LogP contribution in [0.1, 0.15) is 77.6 Å².